The van der Waals surface area contributed by atoms with Crippen LogP contribution in [0.1, 0.15) is 19.4 Å². The number of anilines is 1. The van der Waals surface area contributed by atoms with Crippen molar-refractivity contribution in [1.29, 1.82) is 0 Å². The summed E-state index contributed by atoms with van der Waals surface area (Å²) in [5, 5.41) is 0. The monoisotopic (exact) mass is 217 g/mol. The third-order valence-corrected chi connectivity index (χ3v) is 2.40. The molecule has 0 saturated carbocycles. The molecule has 1 rings (SSSR count). The van der Waals surface area contributed by atoms with Crippen LogP contribution in [0.3, 0.4) is 0 Å². The molecule has 3 N–H and O–H groups in total. The summed E-state index contributed by atoms with van der Waals surface area (Å²) in [6.07, 6.45) is 0. The maximum absolute atomic E-state index is 10.6. The molecule has 1 aromatic rings. The molecule has 0 saturated heterocycles. The summed E-state index contributed by atoms with van der Waals surface area (Å²) in [4.78, 5) is -0.175. The van der Waals surface area contributed by atoms with Gasteiger partial charge in [0.1, 0.15) is 0 Å². The van der Waals surface area contributed by atoms with Crippen LogP contribution >= 0.6 is 0 Å². The molecular weight excluding hydrogens is 202 g/mol. The summed E-state index contributed by atoms with van der Waals surface area (Å²) in [6, 6.07) is 4.07. The molecule has 5 heteroatoms. The highest BCUT2D eigenvalue weighted by atomic mass is 32.2. The van der Waals surface area contributed by atoms with Crippen molar-refractivity contribution < 1.29 is 13.0 Å². The van der Waals surface area contributed by atoms with Crippen molar-refractivity contribution in [3.05, 3.63) is 23.8 Å². The first kappa shape index (κ1) is 12.9. The van der Waals surface area contributed by atoms with Gasteiger partial charge in [-0.05, 0) is 24.6 Å². The second-order valence-corrected chi connectivity index (χ2v) is 3.91. The predicted molar refractivity (Wildman–Crippen MR) is 56.8 cm³/mol. The molecule has 0 amide bonds. The Labute approximate surface area is 84.5 Å². The third-order valence-electron chi connectivity index (χ3n) is 1.55. The standard InChI is InChI=1S/C7H9NO3S.C2H6/c1-5-2-3-6(4-7(5)8)12(9,10)11;1-2/h2-4H,8H2,1H3,(H,9,10,11);1-2H3. The lowest BCUT2D eigenvalue weighted by Gasteiger charge is -2.01. The van der Waals surface area contributed by atoms with Crippen LogP contribution < -0.4 is 5.73 Å². The molecular formula is C9H15NO3S. The molecule has 1 aromatic carbocycles. The van der Waals surface area contributed by atoms with E-state index < -0.39 is 10.1 Å². The fraction of sp³-hybridized carbons (Fsp3) is 0.333. The van der Waals surface area contributed by atoms with Crippen molar-refractivity contribution in [2.24, 2.45) is 0 Å². The van der Waals surface area contributed by atoms with Gasteiger partial charge in [0.05, 0.1) is 4.90 Å². The van der Waals surface area contributed by atoms with Gasteiger partial charge in [0, 0.05) is 5.69 Å². The Bertz CT molecular complexity index is 399. The maximum Gasteiger partial charge on any atom is 0.294 e. The first-order valence-corrected chi connectivity index (χ1v) is 5.69. The SMILES string of the molecule is CC.Cc1ccc(S(=O)(=O)O)cc1N. The molecule has 80 valence electrons. The number of hydrogen-bond donors (Lipinski definition) is 2. The van der Waals surface area contributed by atoms with Gasteiger partial charge in [0.25, 0.3) is 10.1 Å². The summed E-state index contributed by atoms with van der Waals surface area (Å²) >= 11 is 0. The average molecular weight is 217 g/mol. The highest BCUT2D eigenvalue weighted by Crippen LogP contribution is 2.16. The zero-order chi connectivity index (χ0) is 11.4. The van der Waals surface area contributed by atoms with Gasteiger partial charge in [-0.3, -0.25) is 4.55 Å². The lowest BCUT2D eigenvalue weighted by Crippen LogP contribution is -2.00. The molecule has 0 heterocycles. The lowest BCUT2D eigenvalue weighted by atomic mass is 10.2. The fourth-order valence-corrected chi connectivity index (χ4v) is 1.29. The van der Waals surface area contributed by atoms with E-state index in [9.17, 15) is 8.42 Å². The fourth-order valence-electron chi connectivity index (χ4n) is 0.779. The quantitative estimate of drug-likeness (QED) is 0.555. The zero-order valence-corrected chi connectivity index (χ0v) is 9.30. The van der Waals surface area contributed by atoms with Crippen molar-refractivity contribution in [3.63, 3.8) is 0 Å². The number of rotatable bonds is 1. The number of aryl methyl sites for hydroxylation is 1. The van der Waals surface area contributed by atoms with Gasteiger partial charge in [0.15, 0.2) is 0 Å². The average Bonchev–Trinajstić information content (AvgIpc) is 2.11. The van der Waals surface area contributed by atoms with E-state index in [1.54, 1.807) is 13.0 Å². The molecule has 4 nitrogen and oxygen atoms in total. The highest BCUT2D eigenvalue weighted by molar-refractivity contribution is 7.85. The molecule has 14 heavy (non-hydrogen) atoms. The first-order valence-electron chi connectivity index (χ1n) is 4.25. The van der Waals surface area contributed by atoms with Gasteiger partial charge in [-0.2, -0.15) is 8.42 Å². The summed E-state index contributed by atoms with van der Waals surface area (Å²) in [7, 11) is -4.12. The lowest BCUT2D eigenvalue weighted by molar-refractivity contribution is 0.483. The second kappa shape index (κ2) is 4.97. The van der Waals surface area contributed by atoms with Gasteiger partial charge in [-0.15, -0.1) is 0 Å². The van der Waals surface area contributed by atoms with E-state index in [-0.39, 0.29) is 4.90 Å². The Hall–Kier alpha value is -1.07. The van der Waals surface area contributed by atoms with Gasteiger partial charge in [-0.1, -0.05) is 19.9 Å². The molecule has 0 aromatic heterocycles. The summed E-state index contributed by atoms with van der Waals surface area (Å²) in [5.41, 5.74) is 6.57. The van der Waals surface area contributed by atoms with Gasteiger partial charge < -0.3 is 5.73 Å². The van der Waals surface area contributed by atoms with Crippen LogP contribution in [0.5, 0.6) is 0 Å². The van der Waals surface area contributed by atoms with E-state index in [1.807, 2.05) is 13.8 Å². The largest absolute Gasteiger partial charge is 0.398 e. The Balaban J connectivity index is 0.000000791. The molecule has 0 unspecified atom stereocenters. The molecule has 0 aliphatic carbocycles. The minimum Gasteiger partial charge on any atom is -0.398 e. The maximum atomic E-state index is 10.6. The van der Waals surface area contributed by atoms with Crippen LogP contribution in [0.25, 0.3) is 0 Å². The molecule has 0 spiro atoms. The van der Waals surface area contributed by atoms with E-state index >= 15 is 0 Å². The zero-order valence-electron chi connectivity index (χ0n) is 8.48. The Morgan fingerprint density at radius 3 is 2.14 bits per heavy atom. The molecule has 0 fully saturated rings. The van der Waals surface area contributed by atoms with E-state index in [0.29, 0.717) is 5.69 Å². The minimum atomic E-state index is -4.12. The Morgan fingerprint density at radius 2 is 1.79 bits per heavy atom. The summed E-state index contributed by atoms with van der Waals surface area (Å²) in [5.74, 6) is 0. The van der Waals surface area contributed by atoms with Gasteiger partial charge in [-0.25, -0.2) is 0 Å². The van der Waals surface area contributed by atoms with Crippen LogP contribution in [-0.4, -0.2) is 13.0 Å². The van der Waals surface area contributed by atoms with Gasteiger partial charge in [0.2, 0.25) is 0 Å². The van der Waals surface area contributed by atoms with Crippen molar-refractivity contribution >= 4 is 15.8 Å². The van der Waals surface area contributed by atoms with Crippen molar-refractivity contribution in [1.82, 2.24) is 0 Å². The predicted octanol–water partition coefficient (Wildman–Crippen LogP) is 1.85. The minimum absolute atomic E-state index is 0.175. The summed E-state index contributed by atoms with van der Waals surface area (Å²) < 4.78 is 29.8. The molecule has 0 bridgehead atoms. The van der Waals surface area contributed by atoms with E-state index in [4.69, 9.17) is 10.3 Å². The van der Waals surface area contributed by atoms with Crippen molar-refractivity contribution in [2.75, 3.05) is 5.73 Å². The normalized spacial score (nSPS) is 10.3. The van der Waals surface area contributed by atoms with Crippen LogP contribution in [0, 0.1) is 6.92 Å². The van der Waals surface area contributed by atoms with Crippen LogP contribution in [0.4, 0.5) is 5.69 Å². The number of nitrogens with two attached hydrogens (primary N) is 1. The topological polar surface area (TPSA) is 80.4 Å². The highest BCUT2D eigenvalue weighted by Gasteiger charge is 2.09. The Kier molecular flexibility index (Phi) is 4.59. The van der Waals surface area contributed by atoms with E-state index in [0.717, 1.165) is 5.56 Å². The van der Waals surface area contributed by atoms with Crippen LogP contribution in [-0.2, 0) is 10.1 Å². The van der Waals surface area contributed by atoms with Crippen molar-refractivity contribution in [3.8, 4) is 0 Å². The molecule has 0 aliphatic heterocycles. The van der Waals surface area contributed by atoms with E-state index in [2.05, 4.69) is 0 Å². The Morgan fingerprint density at radius 1 is 1.29 bits per heavy atom. The smallest absolute Gasteiger partial charge is 0.294 e. The summed E-state index contributed by atoms with van der Waals surface area (Å²) in [6.45, 7) is 5.75. The number of hydrogen-bond acceptors (Lipinski definition) is 3. The van der Waals surface area contributed by atoms with Crippen LogP contribution in [0.15, 0.2) is 23.1 Å². The molecule has 0 atom stereocenters. The van der Waals surface area contributed by atoms with Gasteiger partial charge >= 0.3 is 0 Å². The molecule has 0 radical (unpaired) electrons. The first-order chi connectivity index (χ1) is 6.41. The molecule has 0 aliphatic rings. The van der Waals surface area contributed by atoms with Crippen LogP contribution in [0.2, 0.25) is 0 Å². The second-order valence-electron chi connectivity index (χ2n) is 2.49. The number of nitrogen functional groups attached to an aromatic ring is 1. The number of benzene rings is 1. The van der Waals surface area contributed by atoms with Crippen molar-refractivity contribution in [2.45, 2.75) is 25.7 Å². The van der Waals surface area contributed by atoms with E-state index in [1.165, 1.54) is 12.1 Å². The third kappa shape index (κ3) is 3.35.